The van der Waals surface area contributed by atoms with Crippen LogP contribution in [0.4, 0.5) is 0 Å². The highest BCUT2D eigenvalue weighted by molar-refractivity contribution is 8.13. The van der Waals surface area contributed by atoms with E-state index in [9.17, 15) is 0 Å². The molecule has 2 aliphatic carbocycles. The third kappa shape index (κ3) is 1.09. The molecule has 3 rings (SSSR count). The Hall–Kier alpha value is 0.0200. The van der Waals surface area contributed by atoms with Crippen molar-refractivity contribution in [3.63, 3.8) is 0 Å². The molecule has 0 N–H and O–H groups in total. The number of aliphatic imine (C=N–C) groups is 1. The van der Waals surface area contributed by atoms with E-state index in [4.69, 9.17) is 4.99 Å². The Morgan fingerprint density at radius 2 is 2.07 bits per heavy atom. The highest BCUT2D eigenvalue weighted by Crippen LogP contribution is 2.69. The Labute approximate surface area is 97.1 Å². The highest BCUT2D eigenvalue weighted by Gasteiger charge is 2.68. The summed E-state index contributed by atoms with van der Waals surface area (Å²) in [5, 5.41) is 1.43. The zero-order chi connectivity index (χ0) is 10.7. The molecule has 0 unspecified atom stereocenters. The molecule has 1 nitrogen and oxygen atoms in total. The van der Waals surface area contributed by atoms with Crippen molar-refractivity contribution in [2.75, 3.05) is 6.26 Å². The maximum atomic E-state index is 5.10. The van der Waals surface area contributed by atoms with Crippen LogP contribution in [-0.4, -0.2) is 16.8 Å². The summed E-state index contributed by atoms with van der Waals surface area (Å²) in [4.78, 5) is 5.10. The molecule has 0 saturated heterocycles. The SMILES string of the molecule is CSC1=N[C@]23CCCC[C@H]2C(C)(C)[C@@H]3C1. The van der Waals surface area contributed by atoms with E-state index in [1.165, 1.54) is 37.1 Å². The Morgan fingerprint density at radius 3 is 2.80 bits per heavy atom. The third-order valence-electron chi connectivity index (χ3n) is 5.27. The zero-order valence-electron chi connectivity index (χ0n) is 10.0. The minimum atomic E-state index is 0.403. The van der Waals surface area contributed by atoms with Crippen LogP contribution in [0.25, 0.3) is 0 Å². The topological polar surface area (TPSA) is 12.4 Å². The second-order valence-electron chi connectivity index (χ2n) is 6.08. The van der Waals surface area contributed by atoms with Gasteiger partial charge in [-0.1, -0.05) is 26.7 Å². The van der Waals surface area contributed by atoms with Crippen molar-refractivity contribution >= 4 is 16.8 Å². The van der Waals surface area contributed by atoms with E-state index in [1.54, 1.807) is 0 Å². The molecule has 0 aromatic rings. The van der Waals surface area contributed by atoms with Crippen LogP contribution in [0.15, 0.2) is 4.99 Å². The molecule has 2 heteroatoms. The van der Waals surface area contributed by atoms with Crippen LogP contribution in [0.3, 0.4) is 0 Å². The fraction of sp³-hybridized carbons (Fsp3) is 0.923. The van der Waals surface area contributed by atoms with E-state index in [0.29, 0.717) is 11.0 Å². The Bertz CT molecular complexity index is 320. The predicted molar refractivity (Wildman–Crippen MR) is 67.5 cm³/mol. The van der Waals surface area contributed by atoms with E-state index in [-0.39, 0.29) is 0 Å². The number of rotatable bonds is 0. The largest absolute Gasteiger partial charge is 0.276 e. The summed E-state index contributed by atoms with van der Waals surface area (Å²) < 4.78 is 0. The van der Waals surface area contributed by atoms with Crippen molar-refractivity contribution in [3.05, 3.63) is 0 Å². The van der Waals surface area contributed by atoms with Gasteiger partial charge in [-0.25, -0.2) is 0 Å². The lowest BCUT2D eigenvalue weighted by Gasteiger charge is -2.65. The van der Waals surface area contributed by atoms with E-state index in [2.05, 4.69) is 20.1 Å². The molecule has 0 aromatic heterocycles. The normalized spacial score (nSPS) is 46.5. The number of hydrogen-bond donors (Lipinski definition) is 0. The van der Waals surface area contributed by atoms with Gasteiger partial charge in [0.2, 0.25) is 0 Å². The van der Waals surface area contributed by atoms with Crippen LogP contribution in [0, 0.1) is 17.3 Å². The number of thioether (sulfide) groups is 1. The van der Waals surface area contributed by atoms with E-state index in [1.807, 2.05) is 11.8 Å². The van der Waals surface area contributed by atoms with E-state index >= 15 is 0 Å². The predicted octanol–water partition coefficient (Wildman–Crippen LogP) is 3.74. The molecule has 0 bridgehead atoms. The van der Waals surface area contributed by atoms with Crippen molar-refractivity contribution < 1.29 is 0 Å². The lowest BCUT2D eigenvalue weighted by atomic mass is 9.41. The van der Waals surface area contributed by atoms with E-state index < -0.39 is 0 Å². The molecule has 2 saturated carbocycles. The summed E-state index contributed by atoms with van der Waals surface area (Å²) in [5.74, 6) is 1.74. The lowest BCUT2D eigenvalue weighted by Crippen LogP contribution is -2.65. The second-order valence-corrected chi connectivity index (χ2v) is 6.96. The first-order valence-corrected chi connectivity index (χ1v) is 7.46. The van der Waals surface area contributed by atoms with Gasteiger partial charge in [0.15, 0.2) is 0 Å². The maximum absolute atomic E-state index is 5.10. The second kappa shape index (κ2) is 3.03. The summed E-state index contributed by atoms with van der Waals surface area (Å²) in [7, 11) is 0. The molecule has 84 valence electrons. The Kier molecular flexibility index (Phi) is 2.06. The number of hydrogen-bond acceptors (Lipinski definition) is 2. The smallest absolute Gasteiger partial charge is 0.0688 e. The molecule has 3 aliphatic rings. The van der Waals surface area contributed by atoms with E-state index in [0.717, 1.165) is 11.8 Å². The average molecular weight is 223 g/mol. The van der Waals surface area contributed by atoms with Crippen molar-refractivity contribution in [1.29, 1.82) is 0 Å². The number of nitrogens with zero attached hydrogens (tertiary/aromatic N) is 1. The van der Waals surface area contributed by atoms with Gasteiger partial charge >= 0.3 is 0 Å². The van der Waals surface area contributed by atoms with Crippen LogP contribution in [0.5, 0.6) is 0 Å². The lowest BCUT2D eigenvalue weighted by molar-refractivity contribution is -0.128. The van der Waals surface area contributed by atoms with Crippen LogP contribution in [-0.2, 0) is 0 Å². The standard InChI is InChI=1S/C13H21NS/c1-12(2)9-6-4-5-7-13(9)10(12)8-11(14-13)15-3/h9-10H,4-8H2,1-3H3/t9-,10-,13+/m0/s1. The van der Waals surface area contributed by atoms with Gasteiger partial charge in [0.25, 0.3) is 0 Å². The van der Waals surface area contributed by atoms with Gasteiger partial charge in [0.05, 0.1) is 10.6 Å². The molecular weight excluding hydrogens is 202 g/mol. The summed E-state index contributed by atoms with van der Waals surface area (Å²) in [6.45, 7) is 4.95. The minimum Gasteiger partial charge on any atom is -0.276 e. The molecule has 3 atom stereocenters. The van der Waals surface area contributed by atoms with Crippen molar-refractivity contribution in [2.24, 2.45) is 22.2 Å². The highest BCUT2D eigenvalue weighted by atomic mass is 32.2. The van der Waals surface area contributed by atoms with Crippen LogP contribution in [0.1, 0.15) is 46.0 Å². The van der Waals surface area contributed by atoms with Gasteiger partial charge < -0.3 is 0 Å². The molecular formula is C13H21NS. The van der Waals surface area contributed by atoms with Crippen molar-refractivity contribution in [3.8, 4) is 0 Å². The molecule has 0 radical (unpaired) electrons. The maximum Gasteiger partial charge on any atom is 0.0688 e. The summed E-state index contributed by atoms with van der Waals surface area (Å²) in [6, 6.07) is 0. The van der Waals surface area contributed by atoms with Gasteiger partial charge in [-0.15, -0.1) is 11.8 Å². The minimum absolute atomic E-state index is 0.403. The zero-order valence-corrected chi connectivity index (χ0v) is 10.9. The summed E-state index contributed by atoms with van der Waals surface area (Å²) in [6.07, 6.45) is 9.10. The first kappa shape index (κ1) is 10.2. The molecule has 2 fully saturated rings. The molecule has 1 aliphatic heterocycles. The molecule has 1 spiro atoms. The van der Waals surface area contributed by atoms with Gasteiger partial charge in [-0.3, -0.25) is 4.99 Å². The molecule has 15 heavy (non-hydrogen) atoms. The summed E-state index contributed by atoms with van der Waals surface area (Å²) in [5.41, 5.74) is 0.960. The Balaban J connectivity index is 1.96. The van der Waals surface area contributed by atoms with Crippen LogP contribution in [0.2, 0.25) is 0 Å². The molecule has 1 heterocycles. The van der Waals surface area contributed by atoms with Gasteiger partial charge in [-0.05, 0) is 36.3 Å². The van der Waals surface area contributed by atoms with Gasteiger partial charge in [0, 0.05) is 6.42 Å². The van der Waals surface area contributed by atoms with Crippen molar-refractivity contribution in [1.82, 2.24) is 0 Å². The molecule has 0 aromatic carbocycles. The first-order valence-electron chi connectivity index (χ1n) is 6.24. The van der Waals surface area contributed by atoms with Gasteiger partial charge in [-0.2, -0.15) is 0 Å². The average Bonchev–Trinajstić information content (AvgIpc) is 2.55. The van der Waals surface area contributed by atoms with Crippen LogP contribution >= 0.6 is 11.8 Å². The fourth-order valence-corrected chi connectivity index (χ4v) is 5.23. The fourth-order valence-electron chi connectivity index (χ4n) is 4.64. The third-order valence-corrected chi connectivity index (χ3v) is 6.00. The van der Waals surface area contributed by atoms with Crippen molar-refractivity contribution in [2.45, 2.75) is 51.5 Å². The quantitative estimate of drug-likeness (QED) is 0.609. The molecule has 0 amide bonds. The monoisotopic (exact) mass is 223 g/mol. The van der Waals surface area contributed by atoms with Crippen LogP contribution < -0.4 is 0 Å². The summed E-state index contributed by atoms with van der Waals surface area (Å²) >= 11 is 1.88. The first-order chi connectivity index (χ1) is 7.11. The Morgan fingerprint density at radius 1 is 1.27 bits per heavy atom. The van der Waals surface area contributed by atoms with Gasteiger partial charge in [0.1, 0.15) is 0 Å².